The molecule has 100 valence electrons. The molecular weight excluding hydrogens is 238 g/mol. The Morgan fingerprint density at radius 2 is 2.06 bits per heavy atom. The summed E-state index contributed by atoms with van der Waals surface area (Å²) in [5.74, 6) is -1.80. The maximum Gasteiger partial charge on any atom is 0.315 e. The molecule has 0 heterocycles. The summed E-state index contributed by atoms with van der Waals surface area (Å²) in [5, 5.41) is 5.35. The van der Waals surface area contributed by atoms with Gasteiger partial charge in [-0.2, -0.15) is 0 Å². The van der Waals surface area contributed by atoms with Crippen LogP contribution in [0.1, 0.15) is 38.3 Å². The zero-order chi connectivity index (χ0) is 13.5. The van der Waals surface area contributed by atoms with Gasteiger partial charge in [-0.1, -0.05) is 19.4 Å². The number of hydrogen-bond donors (Lipinski definition) is 2. The van der Waals surface area contributed by atoms with Gasteiger partial charge < -0.3 is 10.6 Å². The molecule has 0 bridgehead atoms. The molecule has 0 radical (unpaired) electrons. The molecule has 3 nitrogen and oxygen atoms in total. The first-order valence-electron chi connectivity index (χ1n) is 6.04. The smallest absolute Gasteiger partial charge is 0.315 e. The average Bonchev–Trinajstić information content (AvgIpc) is 2.33. The fourth-order valence-corrected chi connectivity index (χ4v) is 1.49. The third-order valence-electron chi connectivity index (χ3n) is 2.61. The molecule has 5 heteroatoms. The molecule has 1 unspecified atom stereocenters. The van der Waals surface area contributed by atoms with Gasteiger partial charge in [0.25, 0.3) is 0 Å². The molecule has 0 aromatic heterocycles. The van der Waals surface area contributed by atoms with Crippen LogP contribution >= 0.6 is 0 Å². The highest BCUT2D eigenvalue weighted by molar-refractivity contribution is 5.74. The van der Waals surface area contributed by atoms with Crippen molar-refractivity contribution in [2.75, 3.05) is 6.54 Å². The third kappa shape index (κ3) is 4.31. The van der Waals surface area contributed by atoms with Crippen LogP contribution in [0.5, 0.6) is 0 Å². The lowest BCUT2D eigenvalue weighted by Crippen LogP contribution is -2.37. The van der Waals surface area contributed by atoms with Gasteiger partial charge in [0.2, 0.25) is 0 Å². The lowest BCUT2D eigenvalue weighted by molar-refractivity contribution is 0.237. The Bertz CT molecular complexity index is 410. The van der Waals surface area contributed by atoms with Crippen molar-refractivity contribution in [2.24, 2.45) is 0 Å². The maximum atomic E-state index is 13.0. The molecule has 0 saturated heterocycles. The minimum atomic E-state index is -0.910. The van der Waals surface area contributed by atoms with Crippen molar-refractivity contribution >= 4 is 6.03 Å². The average molecular weight is 256 g/mol. The number of unbranched alkanes of at least 4 members (excludes halogenated alkanes) is 1. The first kappa shape index (κ1) is 14.4. The Kier molecular flexibility index (Phi) is 5.55. The van der Waals surface area contributed by atoms with Crippen molar-refractivity contribution in [3.05, 3.63) is 35.4 Å². The largest absolute Gasteiger partial charge is 0.338 e. The van der Waals surface area contributed by atoms with E-state index >= 15 is 0 Å². The van der Waals surface area contributed by atoms with Crippen molar-refractivity contribution in [1.29, 1.82) is 0 Å². The van der Waals surface area contributed by atoms with E-state index in [1.807, 2.05) is 6.92 Å². The number of carbonyl (C=O) groups is 1. The predicted octanol–water partition coefficient (Wildman–Crippen LogP) is 3.13. The summed E-state index contributed by atoms with van der Waals surface area (Å²) in [7, 11) is 0. The van der Waals surface area contributed by atoms with Gasteiger partial charge in [-0.25, -0.2) is 13.6 Å². The molecule has 18 heavy (non-hydrogen) atoms. The highest BCUT2D eigenvalue weighted by atomic mass is 19.2. The Labute approximate surface area is 106 Å². The second kappa shape index (κ2) is 6.93. The second-order valence-corrected chi connectivity index (χ2v) is 4.15. The van der Waals surface area contributed by atoms with Crippen LogP contribution in [0, 0.1) is 11.6 Å². The van der Waals surface area contributed by atoms with Gasteiger partial charge in [-0.3, -0.25) is 0 Å². The quantitative estimate of drug-likeness (QED) is 0.781. The Balaban J connectivity index is 2.51. The zero-order valence-corrected chi connectivity index (χ0v) is 10.6. The Hall–Kier alpha value is -1.65. The number of amides is 2. The summed E-state index contributed by atoms with van der Waals surface area (Å²) in [6.07, 6.45) is 1.91. The van der Waals surface area contributed by atoms with E-state index in [4.69, 9.17) is 0 Å². The monoisotopic (exact) mass is 256 g/mol. The molecule has 0 aliphatic rings. The van der Waals surface area contributed by atoms with Crippen molar-refractivity contribution in [2.45, 2.75) is 32.7 Å². The minimum Gasteiger partial charge on any atom is -0.338 e. The van der Waals surface area contributed by atoms with Gasteiger partial charge >= 0.3 is 6.03 Å². The van der Waals surface area contributed by atoms with E-state index in [0.29, 0.717) is 12.1 Å². The van der Waals surface area contributed by atoms with Crippen LogP contribution in [0.15, 0.2) is 18.2 Å². The summed E-state index contributed by atoms with van der Waals surface area (Å²) >= 11 is 0. The number of hydrogen-bond acceptors (Lipinski definition) is 1. The van der Waals surface area contributed by atoms with Crippen molar-refractivity contribution < 1.29 is 13.6 Å². The van der Waals surface area contributed by atoms with E-state index in [1.54, 1.807) is 6.92 Å². The van der Waals surface area contributed by atoms with Crippen LogP contribution in [0.2, 0.25) is 0 Å². The van der Waals surface area contributed by atoms with Gasteiger partial charge in [0, 0.05) is 6.54 Å². The van der Waals surface area contributed by atoms with Crippen LogP contribution in [0.25, 0.3) is 0 Å². The van der Waals surface area contributed by atoms with E-state index in [9.17, 15) is 13.6 Å². The van der Waals surface area contributed by atoms with Crippen molar-refractivity contribution in [3.8, 4) is 0 Å². The van der Waals surface area contributed by atoms with Crippen LogP contribution < -0.4 is 10.6 Å². The second-order valence-electron chi connectivity index (χ2n) is 4.15. The van der Waals surface area contributed by atoms with Crippen molar-refractivity contribution in [3.63, 3.8) is 0 Å². The molecule has 0 aliphatic heterocycles. The lowest BCUT2D eigenvalue weighted by atomic mass is 10.1. The first-order valence-corrected chi connectivity index (χ1v) is 6.04. The third-order valence-corrected chi connectivity index (χ3v) is 2.61. The van der Waals surface area contributed by atoms with Gasteiger partial charge in [0.1, 0.15) is 0 Å². The van der Waals surface area contributed by atoms with Crippen LogP contribution in [-0.2, 0) is 0 Å². The Morgan fingerprint density at radius 3 is 2.67 bits per heavy atom. The first-order chi connectivity index (χ1) is 8.54. The summed E-state index contributed by atoms with van der Waals surface area (Å²) in [4.78, 5) is 11.5. The maximum absolute atomic E-state index is 13.0. The highest BCUT2D eigenvalue weighted by Gasteiger charge is 2.11. The molecule has 2 amide bonds. The molecule has 2 N–H and O–H groups in total. The van der Waals surface area contributed by atoms with E-state index in [1.165, 1.54) is 6.07 Å². The summed E-state index contributed by atoms with van der Waals surface area (Å²) in [6.45, 7) is 4.35. The number of rotatable bonds is 5. The van der Waals surface area contributed by atoms with Gasteiger partial charge in [-0.15, -0.1) is 0 Å². The van der Waals surface area contributed by atoms with Crippen LogP contribution in [-0.4, -0.2) is 12.6 Å². The minimum absolute atomic E-state index is 0.305. The normalized spacial score (nSPS) is 12.0. The fraction of sp³-hybridized carbons (Fsp3) is 0.462. The number of nitrogens with one attached hydrogen (secondary N) is 2. The molecular formula is C13H18F2N2O. The predicted molar refractivity (Wildman–Crippen MR) is 66.2 cm³/mol. The number of benzene rings is 1. The summed E-state index contributed by atoms with van der Waals surface area (Å²) in [5.41, 5.74) is 0.527. The van der Waals surface area contributed by atoms with Gasteiger partial charge in [-0.05, 0) is 31.0 Å². The molecule has 0 saturated carbocycles. The molecule has 1 aromatic rings. The zero-order valence-electron chi connectivity index (χ0n) is 10.6. The molecule has 0 aliphatic carbocycles. The molecule has 0 fully saturated rings. The fourth-order valence-electron chi connectivity index (χ4n) is 1.49. The molecule has 0 spiro atoms. The number of halogens is 2. The Morgan fingerprint density at radius 1 is 1.33 bits per heavy atom. The number of urea groups is 1. The highest BCUT2D eigenvalue weighted by Crippen LogP contribution is 2.15. The topological polar surface area (TPSA) is 41.1 Å². The van der Waals surface area contributed by atoms with E-state index in [0.717, 1.165) is 25.0 Å². The van der Waals surface area contributed by atoms with E-state index in [2.05, 4.69) is 10.6 Å². The van der Waals surface area contributed by atoms with Crippen LogP contribution in [0.3, 0.4) is 0 Å². The standard InChI is InChI=1S/C13H18F2N2O/c1-3-4-7-16-13(18)17-9(2)10-5-6-11(14)12(15)8-10/h5-6,8-9H,3-4,7H2,1-2H3,(H2,16,17,18). The van der Waals surface area contributed by atoms with E-state index in [-0.39, 0.29) is 12.1 Å². The molecule has 1 aromatic carbocycles. The van der Waals surface area contributed by atoms with Crippen molar-refractivity contribution in [1.82, 2.24) is 10.6 Å². The van der Waals surface area contributed by atoms with Gasteiger partial charge in [0.05, 0.1) is 6.04 Å². The van der Waals surface area contributed by atoms with Gasteiger partial charge in [0.15, 0.2) is 11.6 Å². The summed E-state index contributed by atoms with van der Waals surface area (Å²) in [6, 6.07) is 2.92. The molecule has 1 atom stereocenters. The summed E-state index contributed by atoms with van der Waals surface area (Å²) < 4.78 is 25.8. The molecule has 1 rings (SSSR count). The van der Waals surface area contributed by atoms with E-state index < -0.39 is 11.6 Å². The number of carbonyl (C=O) groups excluding carboxylic acids is 1. The SMILES string of the molecule is CCCCNC(=O)NC(C)c1ccc(F)c(F)c1. The van der Waals surface area contributed by atoms with Crippen LogP contribution in [0.4, 0.5) is 13.6 Å². The lowest BCUT2D eigenvalue weighted by Gasteiger charge is -2.15.